The predicted octanol–water partition coefficient (Wildman–Crippen LogP) is 2.25. The molecule has 0 aliphatic heterocycles. The van der Waals surface area contributed by atoms with Gasteiger partial charge in [-0.1, -0.05) is 0 Å². The number of hydrogen-bond donors (Lipinski definition) is 2. The molecular weight excluding hydrogens is 242 g/mol. The second kappa shape index (κ2) is 4.53. The summed E-state index contributed by atoms with van der Waals surface area (Å²) >= 11 is 0. The van der Waals surface area contributed by atoms with Crippen LogP contribution in [-0.4, -0.2) is 26.0 Å². The summed E-state index contributed by atoms with van der Waals surface area (Å²) in [4.78, 5) is 22.1. The molecule has 0 atom stereocenters. The van der Waals surface area contributed by atoms with Crippen molar-refractivity contribution in [2.45, 2.75) is 6.42 Å². The first-order valence-corrected chi connectivity index (χ1v) is 5.82. The lowest BCUT2D eigenvalue weighted by molar-refractivity contribution is -0.136. The highest BCUT2D eigenvalue weighted by Crippen LogP contribution is 2.27. The maximum atomic E-state index is 10.7. The molecule has 0 spiro atoms. The van der Waals surface area contributed by atoms with Gasteiger partial charge in [0.1, 0.15) is 0 Å². The Kier molecular flexibility index (Phi) is 2.72. The number of aliphatic carboxylic acids is 1. The highest BCUT2D eigenvalue weighted by molar-refractivity contribution is 5.94. The lowest BCUT2D eigenvalue weighted by Crippen LogP contribution is -2.01. The Labute approximate surface area is 109 Å². The number of carbonyl (C=O) groups is 1. The van der Waals surface area contributed by atoms with Crippen molar-refractivity contribution in [1.82, 2.24) is 15.0 Å². The summed E-state index contributed by atoms with van der Waals surface area (Å²) in [7, 11) is 0. The van der Waals surface area contributed by atoms with Crippen molar-refractivity contribution < 1.29 is 9.90 Å². The van der Waals surface area contributed by atoms with Crippen molar-refractivity contribution in [3.8, 4) is 11.1 Å². The van der Waals surface area contributed by atoms with Crippen molar-refractivity contribution in [3.05, 3.63) is 48.7 Å². The lowest BCUT2D eigenvalue weighted by Gasteiger charge is -2.02. The van der Waals surface area contributed by atoms with Gasteiger partial charge in [-0.05, 0) is 23.8 Å². The van der Waals surface area contributed by atoms with Crippen LogP contribution in [0.3, 0.4) is 0 Å². The number of hydrogen-bond acceptors (Lipinski definition) is 3. The predicted molar refractivity (Wildman–Crippen MR) is 70.7 cm³/mol. The standard InChI is InChI=1S/C14H11N3O2/c18-14(19)6-10-5-9(1-4-16-10)11-8-17-13-2-3-15-7-12(11)13/h1-5,7-8,17H,6H2,(H,18,19). The molecule has 3 rings (SSSR count). The summed E-state index contributed by atoms with van der Waals surface area (Å²) in [5, 5.41) is 9.81. The Bertz CT molecular complexity index is 749. The van der Waals surface area contributed by atoms with E-state index in [-0.39, 0.29) is 6.42 Å². The summed E-state index contributed by atoms with van der Waals surface area (Å²) in [6, 6.07) is 5.56. The van der Waals surface area contributed by atoms with E-state index in [1.165, 1.54) is 0 Å². The fourth-order valence-corrected chi connectivity index (χ4v) is 2.10. The molecule has 0 saturated carbocycles. The minimum atomic E-state index is -0.884. The summed E-state index contributed by atoms with van der Waals surface area (Å²) in [6.07, 6.45) is 6.97. The molecule has 0 bridgehead atoms. The zero-order valence-corrected chi connectivity index (χ0v) is 10.00. The molecule has 0 aliphatic rings. The van der Waals surface area contributed by atoms with Crippen molar-refractivity contribution in [2.75, 3.05) is 0 Å². The summed E-state index contributed by atoms with van der Waals surface area (Å²) in [6.45, 7) is 0. The summed E-state index contributed by atoms with van der Waals surface area (Å²) < 4.78 is 0. The number of nitrogens with zero attached hydrogens (tertiary/aromatic N) is 2. The van der Waals surface area contributed by atoms with Crippen LogP contribution in [0.15, 0.2) is 43.0 Å². The van der Waals surface area contributed by atoms with Crippen LogP contribution in [0.1, 0.15) is 5.69 Å². The van der Waals surface area contributed by atoms with E-state index in [0.29, 0.717) is 5.69 Å². The van der Waals surface area contributed by atoms with Crippen LogP contribution < -0.4 is 0 Å². The number of carboxylic acids is 1. The van der Waals surface area contributed by atoms with Gasteiger partial charge in [0.25, 0.3) is 0 Å². The van der Waals surface area contributed by atoms with E-state index in [9.17, 15) is 4.79 Å². The average Bonchev–Trinajstić information content (AvgIpc) is 2.82. The van der Waals surface area contributed by atoms with E-state index >= 15 is 0 Å². The number of rotatable bonds is 3. The minimum Gasteiger partial charge on any atom is -0.481 e. The van der Waals surface area contributed by atoms with Crippen molar-refractivity contribution in [1.29, 1.82) is 0 Å². The third-order valence-corrected chi connectivity index (χ3v) is 2.94. The fraction of sp³-hybridized carbons (Fsp3) is 0.0714. The molecule has 19 heavy (non-hydrogen) atoms. The van der Waals surface area contributed by atoms with Gasteiger partial charge >= 0.3 is 5.97 Å². The topological polar surface area (TPSA) is 78.9 Å². The molecule has 5 nitrogen and oxygen atoms in total. The van der Waals surface area contributed by atoms with Gasteiger partial charge in [0, 0.05) is 41.3 Å². The summed E-state index contributed by atoms with van der Waals surface area (Å²) in [5.41, 5.74) is 3.48. The van der Waals surface area contributed by atoms with E-state index in [2.05, 4.69) is 15.0 Å². The molecule has 0 fully saturated rings. The third kappa shape index (κ3) is 2.18. The van der Waals surface area contributed by atoms with Gasteiger partial charge in [0.2, 0.25) is 0 Å². The van der Waals surface area contributed by atoms with Gasteiger partial charge in [0.05, 0.1) is 12.1 Å². The second-order valence-electron chi connectivity index (χ2n) is 4.23. The van der Waals surface area contributed by atoms with E-state index < -0.39 is 5.97 Å². The number of nitrogens with one attached hydrogen (secondary N) is 1. The maximum absolute atomic E-state index is 10.7. The first-order valence-electron chi connectivity index (χ1n) is 5.82. The quantitative estimate of drug-likeness (QED) is 0.750. The zero-order chi connectivity index (χ0) is 13.2. The SMILES string of the molecule is O=C(O)Cc1cc(-c2c[nH]c3ccncc23)ccn1. The third-order valence-electron chi connectivity index (χ3n) is 2.94. The number of fused-ring (bicyclic) bond motifs is 1. The number of carboxylic acid groups (broad SMARTS) is 1. The van der Waals surface area contributed by atoms with Crippen molar-refractivity contribution in [3.63, 3.8) is 0 Å². The number of aromatic amines is 1. The van der Waals surface area contributed by atoms with Crippen molar-refractivity contribution >= 4 is 16.9 Å². The largest absolute Gasteiger partial charge is 0.481 e. The zero-order valence-electron chi connectivity index (χ0n) is 10.00. The van der Waals surface area contributed by atoms with Crippen LogP contribution in [0.5, 0.6) is 0 Å². The number of H-pyrrole nitrogens is 1. The van der Waals surface area contributed by atoms with Crippen LogP contribution in [0, 0.1) is 0 Å². The highest BCUT2D eigenvalue weighted by atomic mass is 16.4. The number of pyridine rings is 2. The summed E-state index contributed by atoms with van der Waals surface area (Å²) in [5.74, 6) is -0.884. The lowest BCUT2D eigenvalue weighted by atomic mass is 10.1. The van der Waals surface area contributed by atoms with Gasteiger partial charge in [-0.3, -0.25) is 14.8 Å². The molecule has 0 radical (unpaired) electrons. The van der Waals surface area contributed by atoms with Gasteiger partial charge in [0.15, 0.2) is 0 Å². The van der Waals surface area contributed by atoms with E-state index in [0.717, 1.165) is 22.0 Å². The first kappa shape index (κ1) is 11.4. The minimum absolute atomic E-state index is 0.0750. The molecule has 94 valence electrons. The first-order chi connectivity index (χ1) is 9.24. The van der Waals surface area contributed by atoms with Gasteiger partial charge in [-0.15, -0.1) is 0 Å². The number of aromatic nitrogens is 3. The van der Waals surface area contributed by atoms with Crippen LogP contribution >= 0.6 is 0 Å². The molecule has 3 aromatic heterocycles. The smallest absolute Gasteiger partial charge is 0.309 e. The molecule has 3 heterocycles. The molecule has 5 heteroatoms. The fourth-order valence-electron chi connectivity index (χ4n) is 2.10. The molecule has 0 saturated heterocycles. The van der Waals surface area contributed by atoms with E-state index in [1.54, 1.807) is 24.7 Å². The Hall–Kier alpha value is -2.69. The second-order valence-corrected chi connectivity index (χ2v) is 4.23. The van der Waals surface area contributed by atoms with Crippen LogP contribution in [-0.2, 0) is 11.2 Å². The monoisotopic (exact) mass is 253 g/mol. The molecular formula is C14H11N3O2. The van der Waals surface area contributed by atoms with Crippen LogP contribution in [0.25, 0.3) is 22.0 Å². The van der Waals surface area contributed by atoms with Gasteiger partial charge < -0.3 is 10.1 Å². The molecule has 0 amide bonds. The van der Waals surface area contributed by atoms with Crippen LogP contribution in [0.4, 0.5) is 0 Å². The molecule has 0 aromatic carbocycles. The van der Waals surface area contributed by atoms with Gasteiger partial charge in [-0.2, -0.15) is 0 Å². The Morgan fingerprint density at radius 1 is 1.32 bits per heavy atom. The highest BCUT2D eigenvalue weighted by Gasteiger charge is 2.08. The molecule has 3 aromatic rings. The van der Waals surface area contributed by atoms with Crippen molar-refractivity contribution in [2.24, 2.45) is 0 Å². The van der Waals surface area contributed by atoms with E-state index in [1.807, 2.05) is 18.3 Å². The Morgan fingerprint density at radius 2 is 2.21 bits per heavy atom. The molecule has 0 aliphatic carbocycles. The maximum Gasteiger partial charge on any atom is 0.309 e. The van der Waals surface area contributed by atoms with Gasteiger partial charge in [-0.25, -0.2) is 0 Å². The molecule has 2 N–H and O–H groups in total. The Balaban J connectivity index is 2.09. The molecule has 0 unspecified atom stereocenters. The average molecular weight is 253 g/mol. The van der Waals surface area contributed by atoms with Crippen LogP contribution in [0.2, 0.25) is 0 Å². The normalized spacial score (nSPS) is 10.7. The Morgan fingerprint density at radius 3 is 3.05 bits per heavy atom. The van der Waals surface area contributed by atoms with E-state index in [4.69, 9.17) is 5.11 Å².